The van der Waals surface area contributed by atoms with Crippen molar-refractivity contribution in [3.8, 4) is 0 Å². The molecule has 12 heteroatoms. The van der Waals surface area contributed by atoms with E-state index in [1.807, 2.05) is 0 Å². The summed E-state index contributed by atoms with van der Waals surface area (Å²) in [6.07, 6.45) is 1.62. The van der Waals surface area contributed by atoms with Crippen LogP contribution in [-0.4, -0.2) is 57.7 Å². The topological polar surface area (TPSA) is 163 Å². The van der Waals surface area contributed by atoms with Gasteiger partial charge in [-0.05, 0) is 13.0 Å². The Morgan fingerprint density at radius 3 is 2.72 bits per heavy atom. The number of rotatable bonds is 7. The lowest BCUT2D eigenvalue weighted by Gasteiger charge is -2.21. The zero-order valence-corrected chi connectivity index (χ0v) is 15.3. The smallest absolute Gasteiger partial charge is 0.341 e. The van der Waals surface area contributed by atoms with Gasteiger partial charge in [0.1, 0.15) is 12.7 Å². The highest BCUT2D eigenvalue weighted by Gasteiger charge is 2.50. The van der Waals surface area contributed by atoms with Gasteiger partial charge in [0.15, 0.2) is 18.6 Å². The molecule has 2 aliphatic heterocycles. The number of esters is 2. The van der Waals surface area contributed by atoms with Crippen LogP contribution in [0.4, 0.5) is 0 Å². The summed E-state index contributed by atoms with van der Waals surface area (Å²) in [5.74, 6) is -3.15. The summed E-state index contributed by atoms with van der Waals surface area (Å²) in [6.45, 7) is 0.861. The number of hydrogen-bond acceptors (Lipinski definition) is 9. The van der Waals surface area contributed by atoms with Gasteiger partial charge in [0.25, 0.3) is 5.56 Å². The van der Waals surface area contributed by atoms with E-state index in [0.29, 0.717) is 5.56 Å². The number of nitrogens with one attached hydrogen (secondary N) is 1. The third kappa shape index (κ3) is 4.43. The van der Waals surface area contributed by atoms with Crippen LogP contribution >= 0.6 is 0 Å². The van der Waals surface area contributed by atoms with Crippen LogP contribution in [0.5, 0.6) is 0 Å². The fourth-order valence-corrected chi connectivity index (χ4v) is 2.92. The van der Waals surface area contributed by atoms with Crippen molar-refractivity contribution in [3.05, 3.63) is 44.8 Å². The maximum Gasteiger partial charge on any atom is 0.341 e. The van der Waals surface area contributed by atoms with Crippen LogP contribution in [0, 0.1) is 6.92 Å². The number of carbonyl (C=O) groups is 3. The molecule has 0 saturated carbocycles. The van der Waals surface area contributed by atoms with Gasteiger partial charge in [-0.1, -0.05) is 6.08 Å². The second kappa shape index (κ2) is 8.01. The molecule has 0 bridgehead atoms. The lowest BCUT2D eigenvalue weighted by molar-refractivity contribution is -0.162. The van der Waals surface area contributed by atoms with Crippen molar-refractivity contribution in [2.75, 3.05) is 13.4 Å². The quantitative estimate of drug-likeness (QED) is 0.420. The second-order valence-electron chi connectivity index (χ2n) is 6.55. The van der Waals surface area contributed by atoms with Crippen molar-refractivity contribution in [3.63, 3.8) is 0 Å². The van der Waals surface area contributed by atoms with Crippen molar-refractivity contribution >= 4 is 17.9 Å². The third-order valence-corrected chi connectivity index (χ3v) is 4.40. The average molecular weight is 410 g/mol. The lowest BCUT2D eigenvalue weighted by Crippen LogP contribution is -2.41. The molecule has 29 heavy (non-hydrogen) atoms. The van der Waals surface area contributed by atoms with E-state index in [1.54, 1.807) is 12.2 Å². The third-order valence-electron chi connectivity index (χ3n) is 4.40. The fourth-order valence-electron chi connectivity index (χ4n) is 2.92. The second-order valence-corrected chi connectivity index (χ2v) is 6.55. The molecular formula is C17H18N2O10. The van der Waals surface area contributed by atoms with Crippen molar-refractivity contribution in [1.29, 1.82) is 0 Å². The van der Waals surface area contributed by atoms with Gasteiger partial charge in [-0.25, -0.2) is 9.59 Å². The molecule has 1 fully saturated rings. The number of hydrogen-bond donors (Lipinski definition) is 2. The molecule has 3 atom stereocenters. The molecule has 1 aromatic rings. The Morgan fingerprint density at radius 2 is 2.07 bits per heavy atom. The highest BCUT2D eigenvalue weighted by atomic mass is 16.7. The monoisotopic (exact) mass is 410 g/mol. The van der Waals surface area contributed by atoms with Gasteiger partial charge in [-0.15, -0.1) is 0 Å². The maximum atomic E-state index is 12.1. The lowest BCUT2D eigenvalue weighted by atomic mass is 9.96. The highest BCUT2D eigenvalue weighted by molar-refractivity contribution is 5.90. The van der Waals surface area contributed by atoms with E-state index < -0.39 is 66.7 Å². The molecule has 12 nitrogen and oxygen atoms in total. The molecule has 0 radical (unpaired) electrons. The summed E-state index contributed by atoms with van der Waals surface area (Å²) >= 11 is 0. The van der Waals surface area contributed by atoms with E-state index >= 15 is 0 Å². The van der Waals surface area contributed by atoms with Crippen molar-refractivity contribution in [1.82, 2.24) is 9.55 Å². The minimum atomic E-state index is -1.92. The van der Waals surface area contributed by atoms with E-state index in [2.05, 4.69) is 9.72 Å². The van der Waals surface area contributed by atoms with E-state index in [-0.39, 0.29) is 6.61 Å². The Morgan fingerprint density at radius 1 is 1.31 bits per heavy atom. The normalized spacial score (nSPS) is 25.8. The number of aryl methyl sites for hydroxylation is 1. The molecule has 1 saturated heterocycles. The number of cyclic esters (lactones) is 1. The molecule has 0 aliphatic carbocycles. The summed E-state index contributed by atoms with van der Waals surface area (Å²) in [6, 6.07) is 0. The molecule has 3 heterocycles. The number of H-pyrrole nitrogens is 1. The first-order chi connectivity index (χ1) is 13.7. The largest absolute Gasteiger partial charge is 0.481 e. The molecular weight excluding hydrogens is 392 g/mol. The standard InChI is InChI=1S/C17H18N2O10/c1-9-6-19(16(25)18-14(9)23)11-3-2-10(29-11)7-26-13(22)5-17(4-12(20)21)15(24)27-8-28-17/h2-3,6,10-11H,4-5,7-8H2,1H3,(H,20,21)(H,18,23,25)/t10-,11+,17?/m0/s1. The first-order valence-electron chi connectivity index (χ1n) is 8.55. The zero-order valence-electron chi connectivity index (χ0n) is 15.3. The van der Waals surface area contributed by atoms with Crippen molar-refractivity contribution < 1.29 is 38.4 Å². The molecule has 156 valence electrons. The van der Waals surface area contributed by atoms with Gasteiger partial charge in [0, 0.05) is 11.8 Å². The predicted molar refractivity (Wildman–Crippen MR) is 91.7 cm³/mol. The van der Waals surface area contributed by atoms with Crippen LogP contribution in [0.1, 0.15) is 24.6 Å². The molecule has 0 amide bonds. The number of ether oxygens (including phenoxy) is 4. The summed E-state index contributed by atoms with van der Waals surface area (Å²) in [7, 11) is 0. The van der Waals surface area contributed by atoms with E-state index in [0.717, 1.165) is 0 Å². The van der Waals surface area contributed by atoms with Crippen molar-refractivity contribution in [2.24, 2.45) is 0 Å². The SMILES string of the molecule is Cc1cn([C@H]2C=C[C@@H](COC(=O)CC3(CC(=O)O)OCOC3=O)O2)c(=O)[nH]c1=O. The fraction of sp³-hybridized carbons (Fsp3) is 0.471. The summed E-state index contributed by atoms with van der Waals surface area (Å²) in [5.41, 5.74) is -2.75. The van der Waals surface area contributed by atoms with Gasteiger partial charge < -0.3 is 24.1 Å². The maximum absolute atomic E-state index is 12.1. The number of nitrogens with zero attached hydrogens (tertiary/aromatic N) is 1. The number of carbonyl (C=O) groups excluding carboxylic acids is 2. The van der Waals surface area contributed by atoms with E-state index in [1.165, 1.54) is 17.7 Å². The molecule has 2 N–H and O–H groups in total. The Labute approximate surface area is 162 Å². The average Bonchev–Trinajstić information content (AvgIpc) is 3.23. The summed E-state index contributed by atoms with van der Waals surface area (Å²) < 4.78 is 21.5. The van der Waals surface area contributed by atoms with Crippen LogP contribution < -0.4 is 11.2 Å². The van der Waals surface area contributed by atoms with Crippen LogP contribution in [0.15, 0.2) is 27.9 Å². The number of aromatic amines is 1. The number of aliphatic carboxylic acids is 1. The summed E-state index contributed by atoms with van der Waals surface area (Å²) in [4.78, 5) is 60.4. The Kier molecular flexibility index (Phi) is 5.66. The minimum absolute atomic E-state index is 0.235. The molecule has 1 aromatic heterocycles. The Bertz CT molecular complexity index is 977. The first-order valence-corrected chi connectivity index (χ1v) is 8.55. The van der Waals surface area contributed by atoms with E-state index in [9.17, 15) is 24.0 Å². The molecule has 3 rings (SSSR count). The number of aromatic nitrogens is 2. The van der Waals surface area contributed by atoms with Crippen molar-refractivity contribution in [2.45, 2.75) is 37.7 Å². The number of carboxylic acid groups (broad SMARTS) is 1. The van der Waals surface area contributed by atoms with Gasteiger partial charge in [0.05, 0.1) is 12.8 Å². The van der Waals surface area contributed by atoms with Gasteiger partial charge in [-0.2, -0.15) is 0 Å². The molecule has 0 aromatic carbocycles. The van der Waals surface area contributed by atoms with E-state index in [4.69, 9.17) is 19.3 Å². The van der Waals surface area contributed by atoms with Gasteiger partial charge in [0.2, 0.25) is 0 Å². The Balaban J connectivity index is 1.57. The molecule has 2 aliphatic rings. The molecule has 1 unspecified atom stereocenters. The summed E-state index contributed by atoms with van der Waals surface area (Å²) in [5, 5.41) is 8.95. The first kappa shape index (κ1) is 20.5. The van der Waals surface area contributed by atoms with Crippen LogP contribution in [0.25, 0.3) is 0 Å². The van der Waals surface area contributed by atoms with Gasteiger partial charge in [-0.3, -0.25) is 23.9 Å². The molecule has 0 spiro atoms. The zero-order chi connectivity index (χ0) is 21.2. The van der Waals surface area contributed by atoms with Gasteiger partial charge >= 0.3 is 23.6 Å². The van der Waals surface area contributed by atoms with Crippen LogP contribution in [0.2, 0.25) is 0 Å². The van der Waals surface area contributed by atoms with Crippen LogP contribution in [-0.2, 0) is 33.3 Å². The minimum Gasteiger partial charge on any atom is -0.481 e. The Hall–Kier alpha value is -3.25. The predicted octanol–water partition coefficient (Wildman–Crippen LogP) is -1.02. The number of carboxylic acids is 1. The van der Waals surface area contributed by atoms with Crippen LogP contribution in [0.3, 0.4) is 0 Å². The highest BCUT2D eigenvalue weighted by Crippen LogP contribution is 2.29.